The molecule has 0 radical (unpaired) electrons. The average molecular weight is 651 g/mol. The van der Waals surface area contributed by atoms with Gasteiger partial charge in [-0.2, -0.15) is 0 Å². The molecule has 0 unspecified atom stereocenters. The lowest BCUT2D eigenvalue weighted by molar-refractivity contribution is 0.669. The molecule has 0 saturated heterocycles. The Morgan fingerprint density at radius 2 is 0.902 bits per heavy atom. The van der Waals surface area contributed by atoms with Crippen LogP contribution in [0.15, 0.2) is 186 Å². The van der Waals surface area contributed by atoms with E-state index in [1.807, 2.05) is 18.2 Å². The number of benzene rings is 8. The van der Waals surface area contributed by atoms with Crippen molar-refractivity contribution in [1.29, 1.82) is 0 Å². The Kier molecular flexibility index (Phi) is 6.81. The highest BCUT2D eigenvalue weighted by atomic mass is 16.3. The quantitative estimate of drug-likeness (QED) is 0.174. The van der Waals surface area contributed by atoms with Gasteiger partial charge < -0.3 is 4.42 Å². The van der Waals surface area contributed by atoms with Gasteiger partial charge in [0.05, 0.1) is 11.4 Å². The zero-order valence-corrected chi connectivity index (χ0v) is 27.6. The van der Waals surface area contributed by atoms with E-state index in [0.29, 0.717) is 5.82 Å². The van der Waals surface area contributed by atoms with E-state index >= 15 is 0 Å². The van der Waals surface area contributed by atoms with Crippen LogP contribution >= 0.6 is 0 Å². The lowest BCUT2D eigenvalue weighted by Gasteiger charge is -2.13. The van der Waals surface area contributed by atoms with E-state index in [4.69, 9.17) is 14.4 Å². The summed E-state index contributed by atoms with van der Waals surface area (Å²) in [7, 11) is 0. The number of hydrogen-bond donors (Lipinski definition) is 0. The molecule has 0 amide bonds. The standard InChI is InChI=1S/C48H30N2O/c1-2-11-32(12-3-1)44-30-45(33-23-21-31(22-24-33)34-25-26-47-43(28-34)41-19-8-9-20-46(41)51-47)50-48(49-44)37-15-10-14-35(27-37)42-29-36-13-4-5-16-38(36)39-17-6-7-18-40(39)42/h1-30H. The molecular formula is C48H30N2O. The highest BCUT2D eigenvalue weighted by Crippen LogP contribution is 2.37. The lowest BCUT2D eigenvalue weighted by Crippen LogP contribution is -1.96. The van der Waals surface area contributed by atoms with Crippen molar-refractivity contribution in [2.75, 3.05) is 0 Å². The SMILES string of the molecule is c1ccc(-c2cc(-c3ccc(-c4ccc5oc6ccccc6c5c4)cc3)nc(-c3cccc(-c4cc5ccccc5c5ccccc45)c3)n2)cc1. The summed E-state index contributed by atoms with van der Waals surface area (Å²) < 4.78 is 6.07. The number of hydrogen-bond acceptors (Lipinski definition) is 3. The number of fused-ring (bicyclic) bond motifs is 6. The van der Waals surface area contributed by atoms with E-state index < -0.39 is 0 Å². The van der Waals surface area contributed by atoms with Gasteiger partial charge in [0.15, 0.2) is 5.82 Å². The van der Waals surface area contributed by atoms with Crippen LogP contribution in [0, 0.1) is 0 Å². The first-order chi connectivity index (χ1) is 25.2. The third-order valence-electron chi connectivity index (χ3n) is 9.89. The molecule has 0 aliphatic heterocycles. The topological polar surface area (TPSA) is 38.9 Å². The number of para-hydroxylation sites is 1. The maximum atomic E-state index is 6.07. The zero-order valence-electron chi connectivity index (χ0n) is 27.6. The molecular weight excluding hydrogens is 621 g/mol. The molecule has 10 aromatic rings. The summed E-state index contributed by atoms with van der Waals surface area (Å²) in [4.78, 5) is 10.3. The monoisotopic (exact) mass is 650 g/mol. The van der Waals surface area contributed by atoms with Gasteiger partial charge in [-0.15, -0.1) is 0 Å². The molecule has 0 fully saturated rings. The second-order valence-corrected chi connectivity index (χ2v) is 13.0. The Bertz CT molecular complexity index is 2910. The Labute approximate surface area is 295 Å². The van der Waals surface area contributed by atoms with Gasteiger partial charge in [0, 0.05) is 27.5 Å². The summed E-state index contributed by atoms with van der Waals surface area (Å²) in [6.07, 6.45) is 0. The Balaban J connectivity index is 1.07. The molecule has 0 aliphatic carbocycles. The van der Waals surface area contributed by atoms with Gasteiger partial charge >= 0.3 is 0 Å². The van der Waals surface area contributed by atoms with Crippen molar-refractivity contribution < 1.29 is 4.42 Å². The van der Waals surface area contributed by atoms with Crippen molar-refractivity contribution in [2.45, 2.75) is 0 Å². The summed E-state index contributed by atoms with van der Waals surface area (Å²) in [5.41, 5.74) is 11.2. The summed E-state index contributed by atoms with van der Waals surface area (Å²) in [6, 6.07) is 63.9. The zero-order chi connectivity index (χ0) is 33.7. The van der Waals surface area contributed by atoms with Crippen LogP contribution in [0.25, 0.3) is 99.6 Å². The number of furan rings is 1. The van der Waals surface area contributed by atoms with Crippen LogP contribution in [-0.2, 0) is 0 Å². The minimum Gasteiger partial charge on any atom is -0.456 e. The van der Waals surface area contributed by atoms with Gasteiger partial charge in [0.2, 0.25) is 0 Å². The molecule has 0 spiro atoms. The normalized spacial score (nSPS) is 11.5. The molecule has 0 bridgehead atoms. The Morgan fingerprint density at radius 1 is 0.314 bits per heavy atom. The van der Waals surface area contributed by atoms with Gasteiger partial charge in [-0.05, 0) is 80.2 Å². The number of nitrogens with zero attached hydrogens (tertiary/aromatic N) is 2. The van der Waals surface area contributed by atoms with Crippen molar-refractivity contribution in [1.82, 2.24) is 9.97 Å². The fourth-order valence-corrected chi connectivity index (χ4v) is 7.34. The van der Waals surface area contributed by atoms with Crippen LogP contribution in [0.1, 0.15) is 0 Å². The van der Waals surface area contributed by atoms with Gasteiger partial charge in [-0.3, -0.25) is 0 Å². The summed E-state index contributed by atoms with van der Waals surface area (Å²) in [5.74, 6) is 0.694. The number of rotatable bonds is 5. The van der Waals surface area contributed by atoms with Crippen LogP contribution in [0.2, 0.25) is 0 Å². The molecule has 0 N–H and O–H groups in total. The minimum absolute atomic E-state index is 0.694. The maximum absolute atomic E-state index is 6.07. The molecule has 0 aliphatic rings. The van der Waals surface area contributed by atoms with E-state index in [-0.39, 0.29) is 0 Å². The first kappa shape index (κ1) is 29.1. The maximum Gasteiger partial charge on any atom is 0.160 e. The molecule has 3 heteroatoms. The van der Waals surface area contributed by atoms with E-state index in [1.54, 1.807) is 0 Å². The van der Waals surface area contributed by atoms with Crippen molar-refractivity contribution >= 4 is 43.5 Å². The smallest absolute Gasteiger partial charge is 0.160 e. The third kappa shape index (κ3) is 5.15. The highest BCUT2D eigenvalue weighted by Gasteiger charge is 2.14. The number of aromatic nitrogens is 2. The molecule has 2 aromatic heterocycles. The van der Waals surface area contributed by atoms with Crippen LogP contribution < -0.4 is 0 Å². The predicted molar refractivity (Wildman–Crippen MR) is 212 cm³/mol. The molecule has 8 aromatic carbocycles. The first-order valence-electron chi connectivity index (χ1n) is 17.2. The van der Waals surface area contributed by atoms with Gasteiger partial charge in [-0.1, -0.05) is 146 Å². The molecule has 10 rings (SSSR count). The van der Waals surface area contributed by atoms with Crippen LogP contribution in [0.5, 0.6) is 0 Å². The second kappa shape index (κ2) is 11.9. The Hall–Kier alpha value is -6.84. The van der Waals surface area contributed by atoms with Gasteiger partial charge in [-0.25, -0.2) is 9.97 Å². The highest BCUT2D eigenvalue weighted by molar-refractivity contribution is 6.14. The molecule has 51 heavy (non-hydrogen) atoms. The predicted octanol–water partition coefficient (Wildman–Crippen LogP) is 13.0. The molecule has 3 nitrogen and oxygen atoms in total. The second-order valence-electron chi connectivity index (χ2n) is 13.0. The van der Waals surface area contributed by atoms with E-state index in [0.717, 1.165) is 66.7 Å². The summed E-state index contributed by atoms with van der Waals surface area (Å²) >= 11 is 0. The fourth-order valence-electron chi connectivity index (χ4n) is 7.34. The van der Waals surface area contributed by atoms with Crippen LogP contribution in [0.3, 0.4) is 0 Å². The fraction of sp³-hybridized carbons (Fsp3) is 0. The first-order valence-corrected chi connectivity index (χ1v) is 17.2. The van der Waals surface area contributed by atoms with E-state index in [1.165, 1.54) is 27.1 Å². The lowest BCUT2D eigenvalue weighted by atomic mass is 9.92. The average Bonchev–Trinajstić information content (AvgIpc) is 3.59. The molecule has 0 atom stereocenters. The molecule has 2 heterocycles. The Morgan fingerprint density at radius 3 is 1.73 bits per heavy atom. The minimum atomic E-state index is 0.694. The van der Waals surface area contributed by atoms with Crippen LogP contribution in [-0.4, -0.2) is 9.97 Å². The largest absolute Gasteiger partial charge is 0.456 e. The van der Waals surface area contributed by atoms with Gasteiger partial charge in [0.1, 0.15) is 11.2 Å². The third-order valence-corrected chi connectivity index (χ3v) is 9.89. The summed E-state index contributed by atoms with van der Waals surface area (Å²) in [6.45, 7) is 0. The molecule has 0 saturated carbocycles. The van der Waals surface area contributed by atoms with Crippen molar-refractivity contribution in [2.24, 2.45) is 0 Å². The van der Waals surface area contributed by atoms with E-state index in [2.05, 4.69) is 164 Å². The summed E-state index contributed by atoms with van der Waals surface area (Å²) in [5, 5.41) is 7.22. The van der Waals surface area contributed by atoms with Crippen molar-refractivity contribution in [3.63, 3.8) is 0 Å². The van der Waals surface area contributed by atoms with Crippen molar-refractivity contribution in [3.05, 3.63) is 182 Å². The van der Waals surface area contributed by atoms with Gasteiger partial charge in [0.25, 0.3) is 0 Å². The molecule has 238 valence electrons. The van der Waals surface area contributed by atoms with Crippen molar-refractivity contribution in [3.8, 4) is 56.2 Å². The van der Waals surface area contributed by atoms with E-state index in [9.17, 15) is 0 Å². The van der Waals surface area contributed by atoms with Crippen LogP contribution in [0.4, 0.5) is 0 Å².